The van der Waals surface area contributed by atoms with Gasteiger partial charge in [0.25, 0.3) is 10.2 Å². The summed E-state index contributed by atoms with van der Waals surface area (Å²) in [6, 6.07) is 3.58. The molecular weight excluding hydrogens is 312 g/mol. The van der Waals surface area contributed by atoms with Gasteiger partial charge in [0.2, 0.25) is 0 Å². The third-order valence-electron chi connectivity index (χ3n) is 3.73. The Morgan fingerprint density at radius 3 is 2.67 bits per heavy atom. The highest BCUT2D eigenvalue weighted by Crippen LogP contribution is 2.25. The standard InChI is InChI=1S/C13H20N2O4S2/c1-2-11(12-4-3-9-20-12)14-21(18,19)15-7-5-10(6-8-15)13(16)17/h3-4,9-11,14H,2,5-8H2,1H3,(H,16,17). The van der Waals surface area contributed by atoms with Crippen LogP contribution >= 0.6 is 11.3 Å². The predicted molar refractivity (Wildman–Crippen MR) is 81.3 cm³/mol. The lowest BCUT2D eigenvalue weighted by atomic mass is 9.99. The summed E-state index contributed by atoms with van der Waals surface area (Å²) in [7, 11) is -3.57. The minimum atomic E-state index is -3.57. The molecule has 1 aliphatic rings. The number of hydrogen-bond donors (Lipinski definition) is 2. The number of carboxylic acids is 1. The monoisotopic (exact) mass is 332 g/mol. The molecule has 0 radical (unpaired) electrons. The van der Waals surface area contributed by atoms with Gasteiger partial charge in [-0.1, -0.05) is 13.0 Å². The van der Waals surface area contributed by atoms with Crippen LogP contribution in [0.3, 0.4) is 0 Å². The molecule has 0 saturated carbocycles. The number of aliphatic carboxylic acids is 1. The van der Waals surface area contributed by atoms with Gasteiger partial charge in [-0.3, -0.25) is 4.79 Å². The molecule has 0 bridgehead atoms. The summed E-state index contributed by atoms with van der Waals surface area (Å²) in [6.45, 7) is 2.45. The lowest BCUT2D eigenvalue weighted by Crippen LogP contribution is -2.46. The predicted octanol–water partition coefficient (Wildman–Crippen LogP) is 1.83. The van der Waals surface area contributed by atoms with Crippen molar-refractivity contribution in [3.05, 3.63) is 22.4 Å². The molecule has 1 unspecified atom stereocenters. The fourth-order valence-electron chi connectivity index (χ4n) is 2.43. The van der Waals surface area contributed by atoms with Crippen LogP contribution in [0.2, 0.25) is 0 Å². The summed E-state index contributed by atoms with van der Waals surface area (Å²) in [5.41, 5.74) is 0. The van der Waals surface area contributed by atoms with E-state index in [1.54, 1.807) is 0 Å². The van der Waals surface area contributed by atoms with Crippen molar-refractivity contribution < 1.29 is 18.3 Å². The largest absolute Gasteiger partial charge is 0.481 e. The topological polar surface area (TPSA) is 86.7 Å². The third kappa shape index (κ3) is 4.03. The Labute approximate surface area is 129 Å². The highest BCUT2D eigenvalue weighted by atomic mass is 32.2. The van der Waals surface area contributed by atoms with Crippen molar-refractivity contribution in [2.24, 2.45) is 5.92 Å². The Bertz CT molecular complexity index is 563. The van der Waals surface area contributed by atoms with Crippen molar-refractivity contribution in [1.29, 1.82) is 0 Å². The number of piperidine rings is 1. The smallest absolute Gasteiger partial charge is 0.306 e. The zero-order chi connectivity index (χ0) is 15.5. The molecule has 8 heteroatoms. The first kappa shape index (κ1) is 16.4. The zero-order valence-electron chi connectivity index (χ0n) is 11.9. The van der Waals surface area contributed by atoms with Crippen LogP contribution in [0.5, 0.6) is 0 Å². The molecule has 1 fully saturated rings. The Balaban J connectivity index is 2.00. The number of rotatable bonds is 6. The summed E-state index contributed by atoms with van der Waals surface area (Å²) in [5.74, 6) is -1.28. The molecule has 1 atom stereocenters. The quantitative estimate of drug-likeness (QED) is 0.832. The van der Waals surface area contributed by atoms with Gasteiger partial charge in [-0.2, -0.15) is 17.4 Å². The van der Waals surface area contributed by atoms with E-state index in [4.69, 9.17) is 5.11 Å². The molecule has 0 aliphatic carbocycles. The molecule has 2 rings (SSSR count). The van der Waals surface area contributed by atoms with Gasteiger partial charge in [0.1, 0.15) is 0 Å². The summed E-state index contributed by atoms with van der Waals surface area (Å²) in [4.78, 5) is 11.9. The average molecular weight is 332 g/mol. The van der Waals surface area contributed by atoms with E-state index in [2.05, 4.69) is 4.72 Å². The first-order valence-electron chi connectivity index (χ1n) is 6.97. The molecule has 0 aromatic carbocycles. The molecule has 1 saturated heterocycles. The van der Waals surface area contributed by atoms with E-state index >= 15 is 0 Å². The van der Waals surface area contributed by atoms with Crippen molar-refractivity contribution in [3.63, 3.8) is 0 Å². The summed E-state index contributed by atoms with van der Waals surface area (Å²) < 4.78 is 28.9. The minimum absolute atomic E-state index is 0.229. The highest BCUT2D eigenvalue weighted by Gasteiger charge is 2.32. The van der Waals surface area contributed by atoms with Crippen molar-refractivity contribution in [2.75, 3.05) is 13.1 Å². The number of carboxylic acid groups (broad SMARTS) is 1. The van der Waals surface area contributed by atoms with Gasteiger partial charge in [0.15, 0.2) is 0 Å². The molecule has 0 amide bonds. The number of thiophene rings is 1. The molecule has 1 aromatic heterocycles. The fraction of sp³-hybridized carbons (Fsp3) is 0.615. The number of nitrogens with zero attached hydrogens (tertiary/aromatic N) is 1. The van der Waals surface area contributed by atoms with E-state index in [1.165, 1.54) is 15.6 Å². The lowest BCUT2D eigenvalue weighted by molar-refractivity contribution is -0.142. The number of hydrogen-bond acceptors (Lipinski definition) is 4. The van der Waals surface area contributed by atoms with Gasteiger partial charge in [-0.15, -0.1) is 11.3 Å². The highest BCUT2D eigenvalue weighted by molar-refractivity contribution is 7.87. The summed E-state index contributed by atoms with van der Waals surface area (Å²) in [5, 5.41) is 10.9. The Kier molecular flexibility index (Phi) is 5.37. The summed E-state index contributed by atoms with van der Waals surface area (Å²) >= 11 is 1.52. The van der Waals surface area contributed by atoms with Crippen LogP contribution in [0.4, 0.5) is 0 Å². The molecule has 118 valence electrons. The van der Waals surface area contributed by atoms with Crippen LogP contribution in [0.1, 0.15) is 37.1 Å². The molecule has 2 heterocycles. The molecule has 1 aliphatic heterocycles. The molecule has 1 aromatic rings. The van der Waals surface area contributed by atoms with E-state index < -0.39 is 22.1 Å². The van der Waals surface area contributed by atoms with Crippen molar-refractivity contribution in [1.82, 2.24) is 9.03 Å². The zero-order valence-corrected chi connectivity index (χ0v) is 13.5. The van der Waals surface area contributed by atoms with Gasteiger partial charge in [-0.05, 0) is 30.7 Å². The van der Waals surface area contributed by atoms with Crippen LogP contribution in [-0.4, -0.2) is 36.9 Å². The first-order chi connectivity index (χ1) is 9.94. The second kappa shape index (κ2) is 6.87. The van der Waals surface area contributed by atoms with E-state index in [-0.39, 0.29) is 19.1 Å². The van der Waals surface area contributed by atoms with Gasteiger partial charge in [0, 0.05) is 18.0 Å². The van der Waals surface area contributed by atoms with E-state index in [1.807, 2.05) is 24.4 Å². The second-order valence-electron chi connectivity index (χ2n) is 5.11. The van der Waals surface area contributed by atoms with Crippen LogP contribution in [0, 0.1) is 5.92 Å². The Morgan fingerprint density at radius 1 is 1.52 bits per heavy atom. The van der Waals surface area contributed by atoms with Gasteiger partial charge in [-0.25, -0.2) is 0 Å². The van der Waals surface area contributed by atoms with Gasteiger partial charge >= 0.3 is 5.97 Å². The minimum Gasteiger partial charge on any atom is -0.481 e. The van der Waals surface area contributed by atoms with Crippen LogP contribution < -0.4 is 4.72 Å². The second-order valence-corrected chi connectivity index (χ2v) is 7.79. The van der Waals surface area contributed by atoms with Gasteiger partial charge < -0.3 is 5.11 Å². The van der Waals surface area contributed by atoms with Crippen molar-refractivity contribution in [2.45, 2.75) is 32.2 Å². The fourth-order valence-corrected chi connectivity index (χ4v) is 4.86. The maximum atomic E-state index is 12.4. The van der Waals surface area contributed by atoms with Crippen LogP contribution in [0.25, 0.3) is 0 Å². The SMILES string of the molecule is CCC(NS(=O)(=O)N1CCC(C(=O)O)CC1)c1cccs1. The number of carbonyl (C=O) groups is 1. The molecule has 2 N–H and O–H groups in total. The summed E-state index contributed by atoms with van der Waals surface area (Å²) in [6.07, 6.45) is 1.41. The average Bonchev–Trinajstić information content (AvgIpc) is 2.99. The normalized spacial score (nSPS) is 19.5. The third-order valence-corrected chi connectivity index (χ3v) is 6.34. The molecule has 21 heavy (non-hydrogen) atoms. The van der Waals surface area contributed by atoms with E-state index in [0.717, 1.165) is 4.88 Å². The maximum absolute atomic E-state index is 12.4. The Morgan fingerprint density at radius 2 is 2.19 bits per heavy atom. The van der Waals surface area contributed by atoms with E-state index in [0.29, 0.717) is 19.3 Å². The van der Waals surface area contributed by atoms with E-state index in [9.17, 15) is 13.2 Å². The van der Waals surface area contributed by atoms with Crippen molar-refractivity contribution >= 4 is 27.5 Å². The number of nitrogens with one attached hydrogen (secondary N) is 1. The maximum Gasteiger partial charge on any atom is 0.306 e. The lowest BCUT2D eigenvalue weighted by Gasteiger charge is -2.30. The molecule has 6 nitrogen and oxygen atoms in total. The Hall–Kier alpha value is -0.960. The first-order valence-corrected chi connectivity index (χ1v) is 9.29. The molecule has 0 spiro atoms. The molecular formula is C13H20N2O4S2. The van der Waals surface area contributed by atoms with Crippen molar-refractivity contribution in [3.8, 4) is 0 Å². The van der Waals surface area contributed by atoms with Crippen LogP contribution in [-0.2, 0) is 15.0 Å². The van der Waals surface area contributed by atoms with Crippen LogP contribution in [0.15, 0.2) is 17.5 Å². The van der Waals surface area contributed by atoms with Gasteiger partial charge in [0.05, 0.1) is 12.0 Å².